The molecule has 3 N–H and O–H groups in total. The van der Waals surface area contributed by atoms with E-state index in [0.717, 1.165) is 5.56 Å². The van der Waals surface area contributed by atoms with Crippen LogP contribution in [0.5, 0.6) is 0 Å². The summed E-state index contributed by atoms with van der Waals surface area (Å²) >= 11 is 5.73. The molecule has 0 unspecified atom stereocenters. The first-order valence-corrected chi connectivity index (χ1v) is 5.92. The van der Waals surface area contributed by atoms with E-state index in [1.165, 1.54) is 0 Å². The van der Waals surface area contributed by atoms with Gasteiger partial charge >= 0.3 is 12.0 Å². The molecule has 2 amide bonds. The molecule has 5 nitrogen and oxygen atoms in total. The van der Waals surface area contributed by atoms with Gasteiger partial charge < -0.3 is 15.7 Å². The maximum atomic E-state index is 11.4. The smallest absolute Gasteiger partial charge is 0.326 e. The molecule has 0 aromatic heterocycles. The highest BCUT2D eigenvalue weighted by Gasteiger charge is 2.16. The quantitative estimate of drug-likeness (QED) is 0.766. The minimum Gasteiger partial charge on any atom is -0.480 e. The first-order chi connectivity index (χ1) is 8.52. The highest BCUT2D eigenvalue weighted by Crippen LogP contribution is 2.08. The van der Waals surface area contributed by atoms with E-state index < -0.39 is 18.0 Å². The zero-order chi connectivity index (χ0) is 13.5. The maximum Gasteiger partial charge on any atom is 0.326 e. The van der Waals surface area contributed by atoms with Crippen molar-refractivity contribution in [1.29, 1.82) is 0 Å². The molecular formula is C12H15ClN2O3. The van der Waals surface area contributed by atoms with Crippen LogP contribution in [0.1, 0.15) is 18.9 Å². The van der Waals surface area contributed by atoms with Gasteiger partial charge in [-0.15, -0.1) is 0 Å². The number of carbonyl (C=O) groups is 2. The van der Waals surface area contributed by atoms with Gasteiger partial charge in [0.05, 0.1) is 0 Å². The summed E-state index contributed by atoms with van der Waals surface area (Å²) in [5.41, 5.74) is 0.887. The molecule has 98 valence electrons. The predicted octanol–water partition coefficient (Wildman–Crippen LogP) is 2.00. The fraction of sp³-hybridized carbons (Fsp3) is 0.333. The Morgan fingerprint density at radius 2 is 1.94 bits per heavy atom. The Kier molecular flexibility index (Phi) is 5.45. The zero-order valence-corrected chi connectivity index (χ0v) is 10.7. The molecule has 1 rings (SSSR count). The van der Waals surface area contributed by atoms with Gasteiger partial charge in [-0.05, 0) is 24.1 Å². The number of hydrogen-bond donors (Lipinski definition) is 3. The van der Waals surface area contributed by atoms with Gasteiger partial charge in [0.25, 0.3) is 0 Å². The van der Waals surface area contributed by atoms with Crippen LogP contribution in [0.3, 0.4) is 0 Å². The first-order valence-electron chi connectivity index (χ1n) is 5.54. The van der Waals surface area contributed by atoms with Crippen molar-refractivity contribution >= 4 is 23.6 Å². The Morgan fingerprint density at radius 1 is 1.33 bits per heavy atom. The summed E-state index contributed by atoms with van der Waals surface area (Å²) in [6.45, 7) is 2.01. The van der Waals surface area contributed by atoms with Gasteiger partial charge in [-0.2, -0.15) is 0 Å². The minimum absolute atomic E-state index is 0.319. The Balaban J connectivity index is 2.41. The van der Waals surface area contributed by atoms with E-state index >= 15 is 0 Å². The largest absolute Gasteiger partial charge is 0.480 e. The van der Waals surface area contributed by atoms with Crippen molar-refractivity contribution in [1.82, 2.24) is 10.6 Å². The third kappa shape index (κ3) is 4.63. The van der Waals surface area contributed by atoms with Crippen molar-refractivity contribution in [2.45, 2.75) is 25.9 Å². The van der Waals surface area contributed by atoms with E-state index in [-0.39, 0.29) is 0 Å². The lowest BCUT2D eigenvalue weighted by atomic mass is 10.2. The van der Waals surface area contributed by atoms with Gasteiger partial charge in [-0.3, -0.25) is 0 Å². The van der Waals surface area contributed by atoms with Gasteiger partial charge in [-0.25, -0.2) is 9.59 Å². The molecule has 0 heterocycles. The molecule has 0 aliphatic carbocycles. The first kappa shape index (κ1) is 14.3. The molecule has 0 aliphatic rings. The van der Waals surface area contributed by atoms with Crippen LogP contribution >= 0.6 is 11.6 Å². The molecule has 0 bridgehead atoms. The summed E-state index contributed by atoms with van der Waals surface area (Å²) in [6, 6.07) is 5.66. The van der Waals surface area contributed by atoms with Crippen molar-refractivity contribution in [3.8, 4) is 0 Å². The van der Waals surface area contributed by atoms with Crippen LogP contribution in [0.25, 0.3) is 0 Å². The van der Waals surface area contributed by atoms with Crippen molar-refractivity contribution < 1.29 is 14.7 Å². The number of halogens is 1. The second-order valence-corrected chi connectivity index (χ2v) is 4.19. The van der Waals surface area contributed by atoms with E-state index in [0.29, 0.717) is 18.0 Å². The number of benzene rings is 1. The number of rotatable bonds is 5. The molecule has 0 saturated heterocycles. The molecule has 0 saturated carbocycles. The molecule has 18 heavy (non-hydrogen) atoms. The van der Waals surface area contributed by atoms with E-state index in [1.807, 2.05) is 0 Å². The number of nitrogens with one attached hydrogen (secondary N) is 2. The molecule has 0 radical (unpaired) electrons. The molecule has 6 heteroatoms. The maximum absolute atomic E-state index is 11.4. The van der Waals surface area contributed by atoms with Crippen molar-refractivity contribution in [3.05, 3.63) is 34.9 Å². The molecule has 0 fully saturated rings. The van der Waals surface area contributed by atoms with Crippen LogP contribution in [0.2, 0.25) is 5.02 Å². The van der Waals surface area contributed by atoms with E-state index in [9.17, 15) is 9.59 Å². The second kappa shape index (κ2) is 6.86. The number of urea groups is 1. The lowest BCUT2D eigenvalue weighted by Crippen LogP contribution is -2.45. The summed E-state index contributed by atoms with van der Waals surface area (Å²) in [6.07, 6.45) is 0.337. The third-order valence-electron chi connectivity index (χ3n) is 2.38. The second-order valence-electron chi connectivity index (χ2n) is 3.75. The van der Waals surface area contributed by atoms with Gasteiger partial charge in [0.1, 0.15) is 6.04 Å². The van der Waals surface area contributed by atoms with Gasteiger partial charge in [-0.1, -0.05) is 30.7 Å². The summed E-state index contributed by atoms with van der Waals surface area (Å²) in [4.78, 5) is 22.2. The van der Waals surface area contributed by atoms with Crippen LogP contribution in [-0.4, -0.2) is 23.1 Å². The number of carboxylic acid groups (broad SMARTS) is 1. The van der Waals surface area contributed by atoms with Crippen molar-refractivity contribution in [3.63, 3.8) is 0 Å². The lowest BCUT2D eigenvalue weighted by Gasteiger charge is -2.13. The number of carbonyl (C=O) groups excluding carboxylic acids is 1. The number of carboxylic acids is 1. The highest BCUT2D eigenvalue weighted by molar-refractivity contribution is 6.30. The van der Waals surface area contributed by atoms with Gasteiger partial charge in [0.2, 0.25) is 0 Å². The lowest BCUT2D eigenvalue weighted by molar-refractivity contribution is -0.139. The Bertz CT molecular complexity index is 420. The Morgan fingerprint density at radius 3 is 2.44 bits per heavy atom. The zero-order valence-electron chi connectivity index (χ0n) is 9.94. The summed E-state index contributed by atoms with van der Waals surface area (Å²) in [7, 11) is 0. The molecular weight excluding hydrogens is 256 g/mol. The van der Waals surface area contributed by atoms with Crippen molar-refractivity contribution in [2.24, 2.45) is 0 Å². The molecule has 1 aromatic carbocycles. The molecule has 0 spiro atoms. The predicted molar refractivity (Wildman–Crippen MR) is 68.5 cm³/mol. The summed E-state index contributed by atoms with van der Waals surface area (Å²) in [5.74, 6) is -1.04. The van der Waals surface area contributed by atoms with Crippen LogP contribution in [-0.2, 0) is 11.3 Å². The Hall–Kier alpha value is -1.75. The van der Waals surface area contributed by atoms with E-state index in [2.05, 4.69) is 10.6 Å². The standard InChI is InChI=1S/C12H15ClN2O3/c1-2-10(11(16)17)15-12(18)14-7-8-3-5-9(13)6-4-8/h3-6,10H,2,7H2,1H3,(H,16,17)(H2,14,15,18)/t10-/m1/s1. The minimum atomic E-state index is -1.04. The van der Waals surface area contributed by atoms with Gasteiger partial charge in [0.15, 0.2) is 0 Å². The highest BCUT2D eigenvalue weighted by atomic mass is 35.5. The average Bonchev–Trinajstić information content (AvgIpc) is 2.35. The molecule has 0 aliphatic heterocycles. The van der Waals surface area contributed by atoms with Gasteiger partial charge in [0, 0.05) is 11.6 Å². The summed E-state index contributed by atoms with van der Waals surface area (Å²) in [5, 5.41) is 14.4. The molecule has 1 aromatic rings. The number of hydrogen-bond acceptors (Lipinski definition) is 2. The van der Waals surface area contributed by atoms with Crippen LogP contribution in [0.15, 0.2) is 24.3 Å². The van der Waals surface area contributed by atoms with Crippen molar-refractivity contribution in [2.75, 3.05) is 0 Å². The topological polar surface area (TPSA) is 78.4 Å². The third-order valence-corrected chi connectivity index (χ3v) is 2.63. The number of amides is 2. The monoisotopic (exact) mass is 270 g/mol. The van der Waals surface area contributed by atoms with Crippen LogP contribution < -0.4 is 10.6 Å². The average molecular weight is 271 g/mol. The normalized spacial score (nSPS) is 11.7. The van der Waals surface area contributed by atoms with E-state index in [4.69, 9.17) is 16.7 Å². The van der Waals surface area contributed by atoms with Crippen LogP contribution in [0.4, 0.5) is 4.79 Å². The fourth-order valence-corrected chi connectivity index (χ4v) is 1.46. The summed E-state index contributed by atoms with van der Waals surface area (Å²) < 4.78 is 0. The molecule has 1 atom stereocenters. The SMILES string of the molecule is CC[C@@H](NC(=O)NCc1ccc(Cl)cc1)C(=O)O. The number of aliphatic carboxylic acids is 1. The fourth-order valence-electron chi connectivity index (χ4n) is 1.33. The Labute approximate surface area is 110 Å². The van der Waals surface area contributed by atoms with E-state index in [1.54, 1.807) is 31.2 Å². The van der Waals surface area contributed by atoms with Crippen LogP contribution in [0, 0.1) is 0 Å².